The molecule has 0 amide bonds. The lowest BCUT2D eigenvalue weighted by Crippen LogP contribution is -3.61. The predicted molar refractivity (Wildman–Crippen MR) is 86.6 cm³/mol. The van der Waals surface area contributed by atoms with Crippen LogP contribution in [0.5, 0.6) is 5.75 Å². The molecule has 0 aromatic heterocycles. The number of para-hydroxylation sites is 1. The van der Waals surface area contributed by atoms with Crippen LogP contribution >= 0.6 is 0 Å². The van der Waals surface area contributed by atoms with E-state index in [1.165, 1.54) is 30.3 Å². The quantitative estimate of drug-likeness (QED) is 0.162. The number of halogens is 10. The molecule has 0 heterocycles. The fourth-order valence-electron chi connectivity index (χ4n) is 1.60. The third-order valence-corrected chi connectivity index (χ3v) is 7.26. The van der Waals surface area contributed by atoms with Gasteiger partial charge in [-0.25, -0.2) is 8.42 Å². The van der Waals surface area contributed by atoms with Crippen molar-refractivity contribution in [1.82, 2.24) is 0 Å². The average Bonchev–Trinajstić information content (AvgIpc) is 2.60. The number of alkyl halides is 9. The van der Waals surface area contributed by atoms with Crippen LogP contribution < -0.4 is 25.4 Å². The molecule has 0 unspecified atom stereocenters. The van der Waals surface area contributed by atoms with Gasteiger partial charge in [0.1, 0.15) is 0 Å². The standard InChI is InChI=1S/C14H8F6IO3S.CHF3O3S/c15-13(16,17)9-4-3-5-10(8-9)21-11-6-1-2-7-12(11)24-25(22,23)14(18,19)20;2-1(3,4)8(5,6)7/h1-8H;(H,5,6,7)/q+1;/p-1. The van der Waals surface area contributed by atoms with Crippen LogP contribution in [0.25, 0.3) is 0 Å². The van der Waals surface area contributed by atoms with Gasteiger partial charge in [-0.1, -0.05) is 18.2 Å². The third-order valence-electron chi connectivity index (χ3n) is 2.97. The fraction of sp³-hybridized carbons (Fsp3) is 0.200. The first-order valence-corrected chi connectivity index (χ1v) is 12.6. The maximum atomic E-state index is 12.7. The molecular formula is C15H8F9IO6S2. The maximum absolute atomic E-state index is 12.7. The summed E-state index contributed by atoms with van der Waals surface area (Å²) in [5.74, 6) is -0.551. The van der Waals surface area contributed by atoms with E-state index in [0.717, 1.165) is 18.2 Å². The number of benzene rings is 2. The SMILES string of the molecule is O=S(=O)(Oc1ccccc1[I+]c1cccc(C(F)(F)F)c1)C(F)(F)F.O=S(=O)([O-])C(F)(F)F. The Hall–Kier alpha value is -1.80. The number of hydrogen-bond donors (Lipinski definition) is 0. The van der Waals surface area contributed by atoms with E-state index in [0.29, 0.717) is 0 Å². The molecule has 0 radical (unpaired) electrons. The molecular weight excluding hydrogens is 638 g/mol. The smallest absolute Gasteiger partial charge is 0.534 e. The minimum Gasteiger partial charge on any atom is -0.741 e. The summed E-state index contributed by atoms with van der Waals surface area (Å²) >= 11 is -1.41. The van der Waals surface area contributed by atoms with E-state index < -0.39 is 69.9 Å². The Bertz CT molecular complexity index is 1170. The Morgan fingerprint density at radius 2 is 1.27 bits per heavy atom. The van der Waals surface area contributed by atoms with Gasteiger partial charge in [-0.3, -0.25) is 0 Å². The van der Waals surface area contributed by atoms with Gasteiger partial charge in [-0.05, 0) is 24.3 Å². The van der Waals surface area contributed by atoms with Crippen molar-refractivity contribution in [2.45, 2.75) is 17.2 Å². The first kappa shape index (κ1) is 29.2. The second-order valence-electron chi connectivity index (χ2n) is 5.42. The molecule has 18 heteroatoms. The summed E-state index contributed by atoms with van der Waals surface area (Å²) in [6, 6.07) is 9.33. The van der Waals surface area contributed by atoms with E-state index in [2.05, 4.69) is 4.18 Å². The Balaban J connectivity index is 0.000000582. The van der Waals surface area contributed by atoms with Crippen molar-refractivity contribution in [1.29, 1.82) is 0 Å². The van der Waals surface area contributed by atoms with Crippen LogP contribution in [0.4, 0.5) is 39.5 Å². The first-order valence-electron chi connectivity index (χ1n) is 7.59. The van der Waals surface area contributed by atoms with Gasteiger partial charge < -0.3 is 8.74 Å². The van der Waals surface area contributed by atoms with Crippen molar-refractivity contribution >= 4 is 20.2 Å². The monoisotopic (exact) mass is 646 g/mol. The van der Waals surface area contributed by atoms with Gasteiger partial charge in [-0.15, -0.1) is 0 Å². The van der Waals surface area contributed by atoms with Crippen LogP contribution in [0.3, 0.4) is 0 Å². The average molecular weight is 646 g/mol. The summed E-state index contributed by atoms with van der Waals surface area (Å²) in [7, 11) is -11.9. The Morgan fingerprint density at radius 1 is 0.758 bits per heavy atom. The van der Waals surface area contributed by atoms with Crippen molar-refractivity contribution < 1.29 is 86.3 Å². The van der Waals surface area contributed by atoms with Gasteiger partial charge in [0.05, 0.1) is 5.56 Å². The van der Waals surface area contributed by atoms with Crippen LogP contribution in [-0.4, -0.2) is 32.4 Å². The van der Waals surface area contributed by atoms with Gasteiger partial charge in [-0.2, -0.15) is 47.9 Å². The lowest BCUT2D eigenvalue weighted by atomic mass is 10.2. The van der Waals surface area contributed by atoms with Crippen LogP contribution in [0.1, 0.15) is 5.56 Å². The zero-order valence-electron chi connectivity index (χ0n) is 15.2. The molecule has 2 rings (SSSR count). The van der Waals surface area contributed by atoms with Crippen molar-refractivity contribution in [3.8, 4) is 5.75 Å². The topological polar surface area (TPSA) is 101 Å². The molecule has 0 atom stereocenters. The molecule has 0 bridgehead atoms. The molecule has 0 aliphatic heterocycles. The largest absolute Gasteiger partial charge is 0.741 e. The Morgan fingerprint density at radius 3 is 1.73 bits per heavy atom. The van der Waals surface area contributed by atoms with Crippen LogP contribution in [-0.2, 0) is 26.4 Å². The predicted octanol–water partition coefficient (Wildman–Crippen LogP) is 1.11. The molecule has 0 saturated carbocycles. The number of hydrogen-bond acceptors (Lipinski definition) is 6. The highest BCUT2D eigenvalue weighted by atomic mass is 127. The third kappa shape index (κ3) is 8.81. The molecule has 2 aromatic rings. The normalized spacial score (nSPS) is 13.2. The summed E-state index contributed by atoms with van der Waals surface area (Å²) in [6.07, 6.45) is -4.56. The van der Waals surface area contributed by atoms with E-state index in [1.807, 2.05) is 0 Å². The van der Waals surface area contributed by atoms with Gasteiger partial charge in [0.25, 0.3) is 0 Å². The molecule has 0 N–H and O–H groups in total. The Kier molecular flexibility index (Phi) is 9.05. The van der Waals surface area contributed by atoms with E-state index in [9.17, 15) is 47.9 Å². The molecule has 33 heavy (non-hydrogen) atoms. The molecule has 0 aliphatic rings. The van der Waals surface area contributed by atoms with Crippen LogP contribution in [0.15, 0.2) is 48.5 Å². The lowest BCUT2D eigenvalue weighted by Gasteiger charge is -2.09. The summed E-state index contributed by atoms with van der Waals surface area (Å²) in [5, 5.41) is 0. The van der Waals surface area contributed by atoms with E-state index in [-0.39, 0.29) is 7.14 Å². The highest BCUT2D eigenvalue weighted by Gasteiger charge is 2.49. The fourth-order valence-corrected chi connectivity index (χ4v) is 4.72. The second kappa shape index (κ2) is 10.2. The zero-order chi connectivity index (χ0) is 25.9. The van der Waals surface area contributed by atoms with Gasteiger partial charge in [0.15, 0.2) is 19.4 Å². The molecule has 6 nitrogen and oxygen atoms in total. The first-order chi connectivity index (χ1) is 14.6. The highest BCUT2D eigenvalue weighted by molar-refractivity contribution is 7.88. The molecule has 0 aliphatic carbocycles. The van der Waals surface area contributed by atoms with Crippen LogP contribution in [0.2, 0.25) is 0 Å². The molecule has 186 valence electrons. The van der Waals surface area contributed by atoms with Crippen molar-refractivity contribution in [2.24, 2.45) is 0 Å². The summed E-state index contributed by atoms with van der Waals surface area (Å²) in [5.41, 5.74) is -12.1. The number of rotatable bonds is 4. The van der Waals surface area contributed by atoms with Gasteiger partial charge >= 0.3 is 48.5 Å². The Labute approximate surface area is 190 Å². The lowest BCUT2D eigenvalue weighted by molar-refractivity contribution is -0.598. The minimum atomic E-state index is -6.09. The molecule has 2 aromatic carbocycles. The summed E-state index contributed by atoms with van der Waals surface area (Å²) < 4.78 is 161. The van der Waals surface area contributed by atoms with Gasteiger partial charge in [0.2, 0.25) is 3.57 Å². The van der Waals surface area contributed by atoms with Crippen molar-refractivity contribution in [3.63, 3.8) is 0 Å². The maximum Gasteiger partial charge on any atom is 0.534 e. The van der Waals surface area contributed by atoms with E-state index >= 15 is 0 Å². The van der Waals surface area contributed by atoms with Crippen LogP contribution in [0, 0.1) is 7.14 Å². The van der Waals surface area contributed by atoms with E-state index in [4.69, 9.17) is 13.0 Å². The molecule has 0 spiro atoms. The highest BCUT2D eigenvalue weighted by Crippen LogP contribution is 2.29. The van der Waals surface area contributed by atoms with Gasteiger partial charge in [0, 0.05) is 6.07 Å². The zero-order valence-corrected chi connectivity index (χ0v) is 19.0. The minimum absolute atomic E-state index is 0.105. The second-order valence-corrected chi connectivity index (χ2v) is 11.3. The molecule has 0 fully saturated rings. The van der Waals surface area contributed by atoms with E-state index in [1.54, 1.807) is 0 Å². The summed E-state index contributed by atoms with van der Waals surface area (Å²) in [6.45, 7) is 0. The van der Waals surface area contributed by atoms with Crippen molar-refractivity contribution in [2.75, 3.05) is 0 Å². The van der Waals surface area contributed by atoms with Crippen molar-refractivity contribution in [3.05, 3.63) is 61.2 Å². The molecule has 0 saturated heterocycles. The summed E-state index contributed by atoms with van der Waals surface area (Å²) in [4.78, 5) is 0.